The number of fused-ring (bicyclic) bond motifs is 1. The lowest BCUT2D eigenvalue weighted by Gasteiger charge is -2.37. The van der Waals surface area contributed by atoms with Crippen molar-refractivity contribution < 1.29 is 14.3 Å². The van der Waals surface area contributed by atoms with E-state index in [-0.39, 0.29) is 11.9 Å². The van der Waals surface area contributed by atoms with Gasteiger partial charge in [-0.05, 0) is 31.0 Å². The third-order valence-corrected chi connectivity index (χ3v) is 4.58. The number of aldehydes is 1. The normalized spacial score (nSPS) is 20.2. The summed E-state index contributed by atoms with van der Waals surface area (Å²) < 4.78 is 5.36. The van der Waals surface area contributed by atoms with Crippen LogP contribution in [0.3, 0.4) is 0 Å². The minimum Gasteiger partial charge on any atom is -0.381 e. The summed E-state index contributed by atoms with van der Waals surface area (Å²) in [6.45, 7) is 1.42. The molecule has 1 aromatic carbocycles. The van der Waals surface area contributed by atoms with Gasteiger partial charge in [-0.3, -0.25) is 9.59 Å². The predicted molar refractivity (Wildman–Crippen MR) is 73.9 cm³/mol. The maximum atomic E-state index is 12.2. The number of nitrogens with zero attached hydrogens (tertiary/aromatic N) is 1. The Labute approximate surface area is 116 Å². The average Bonchev–Trinajstić information content (AvgIpc) is 2.47. The fourth-order valence-electron chi connectivity index (χ4n) is 2.61. The van der Waals surface area contributed by atoms with E-state index < -0.39 is 0 Å². The third kappa shape index (κ3) is 2.40. The Morgan fingerprint density at radius 2 is 2.11 bits per heavy atom. The first-order chi connectivity index (χ1) is 9.29. The van der Waals surface area contributed by atoms with Crippen molar-refractivity contribution in [2.75, 3.05) is 23.9 Å². The van der Waals surface area contributed by atoms with Crippen LogP contribution in [-0.2, 0) is 9.53 Å². The SMILES string of the molecule is O=Cc1ccc2c(c1)SCC(=O)N2C1CCOCC1. The first-order valence-electron chi connectivity index (χ1n) is 6.41. The monoisotopic (exact) mass is 277 g/mol. The minimum absolute atomic E-state index is 0.156. The standard InChI is InChI=1S/C14H15NO3S/c16-8-10-1-2-12-13(7-10)19-9-14(17)15(12)11-3-5-18-6-4-11/h1-2,7-8,11H,3-6,9H2. The zero-order chi connectivity index (χ0) is 13.2. The van der Waals surface area contributed by atoms with Gasteiger partial charge in [-0.25, -0.2) is 0 Å². The van der Waals surface area contributed by atoms with Crippen molar-refractivity contribution in [1.29, 1.82) is 0 Å². The molecule has 0 radical (unpaired) electrons. The molecular weight excluding hydrogens is 262 g/mol. The van der Waals surface area contributed by atoms with Gasteiger partial charge in [0.25, 0.3) is 0 Å². The van der Waals surface area contributed by atoms with Crippen molar-refractivity contribution in [2.45, 2.75) is 23.8 Å². The second-order valence-electron chi connectivity index (χ2n) is 4.74. The number of carbonyl (C=O) groups excluding carboxylic acids is 2. The lowest BCUT2D eigenvalue weighted by atomic mass is 10.1. The highest BCUT2D eigenvalue weighted by atomic mass is 32.2. The summed E-state index contributed by atoms with van der Waals surface area (Å²) in [4.78, 5) is 26.0. The van der Waals surface area contributed by atoms with E-state index in [4.69, 9.17) is 4.74 Å². The minimum atomic E-state index is 0.156. The molecule has 0 N–H and O–H groups in total. The predicted octanol–water partition coefficient (Wildman–Crippen LogP) is 2.12. The number of amides is 1. The number of hydrogen-bond donors (Lipinski definition) is 0. The summed E-state index contributed by atoms with van der Waals surface area (Å²) in [7, 11) is 0. The molecule has 0 saturated carbocycles. The van der Waals surface area contributed by atoms with Gasteiger partial charge >= 0.3 is 0 Å². The Morgan fingerprint density at radius 3 is 2.84 bits per heavy atom. The molecular formula is C14H15NO3S. The van der Waals surface area contributed by atoms with Crippen LogP contribution in [0, 0.1) is 0 Å². The fraction of sp³-hybridized carbons (Fsp3) is 0.429. The van der Waals surface area contributed by atoms with Crippen LogP contribution in [0.1, 0.15) is 23.2 Å². The lowest BCUT2D eigenvalue weighted by molar-refractivity contribution is -0.117. The van der Waals surface area contributed by atoms with Gasteiger partial charge in [-0.1, -0.05) is 0 Å². The van der Waals surface area contributed by atoms with E-state index in [1.807, 2.05) is 17.0 Å². The molecule has 1 saturated heterocycles. The Bertz CT molecular complexity index is 511. The van der Waals surface area contributed by atoms with Crippen molar-refractivity contribution in [3.63, 3.8) is 0 Å². The average molecular weight is 277 g/mol. The molecule has 1 fully saturated rings. The van der Waals surface area contributed by atoms with Crippen LogP contribution in [-0.4, -0.2) is 37.2 Å². The second-order valence-corrected chi connectivity index (χ2v) is 5.76. The first-order valence-corrected chi connectivity index (χ1v) is 7.40. The van der Waals surface area contributed by atoms with E-state index in [0.717, 1.165) is 29.7 Å². The van der Waals surface area contributed by atoms with Crippen molar-refractivity contribution in [2.24, 2.45) is 0 Å². The van der Waals surface area contributed by atoms with Crippen LogP contribution < -0.4 is 4.90 Å². The van der Waals surface area contributed by atoms with Gasteiger partial charge in [0, 0.05) is 29.7 Å². The van der Waals surface area contributed by atoms with Crippen LogP contribution in [0.2, 0.25) is 0 Å². The maximum Gasteiger partial charge on any atom is 0.237 e. The van der Waals surface area contributed by atoms with E-state index in [1.165, 1.54) is 11.8 Å². The molecule has 3 rings (SSSR count). The fourth-order valence-corrected chi connectivity index (χ4v) is 3.56. The zero-order valence-corrected chi connectivity index (χ0v) is 11.3. The number of thioether (sulfide) groups is 1. The molecule has 4 nitrogen and oxygen atoms in total. The molecule has 1 aromatic rings. The van der Waals surface area contributed by atoms with Crippen molar-refractivity contribution >= 4 is 29.6 Å². The quantitative estimate of drug-likeness (QED) is 0.777. The van der Waals surface area contributed by atoms with Gasteiger partial charge in [-0.2, -0.15) is 0 Å². The molecule has 0 unspecified atom stereocenters. The molecule has 0 atom stereocenters. The van der Waals surface area contributed by atoms with E-state index in [9.17, 15) is 9.59 Å². The van der Waals surface area contributed by atoms with Crippen LogP contribution in [0.25, 0.3) is 0 Å². The molecule has 100 valence electrons. The summed E-state index contributed by atoms with van der Waals surface area (Å²) in [6, 6.07) is 5.75. The molecule has 2 heterocycles. The van der Waals surface area contributed by atoms with E-state index in [0.29, 0.717) is 24.5 Å². The molecule has 2 aliphatic rings. The van der Waals surface area contributed by atoms with Crippen LogP contribution in [0.4, 0.5) is 5.69 Å². The third-order valence-electron chi connectivity index (χ3n) is 3.56. The molecule has 0 aromatic heterocycles. The van der Waals surface area contributed by atoms with Gasteiger partial charge in [0.1, 0.15) is 6.29 Å². The summed E-state index contributed by atoms with van der Waals surface area (Å²) in [5.74, 6) is 0.607. The number of rotatable bonds is 2. The van der Waals surface area contributed by atoms with E-state index in [1.54, 1.807) is 6.07 Å². The highest BCUT2D eigenvalue weighted by Crippen LogP contribution is 2.38. The summed E-state index contributed by atoms with van der Waals surface area (Å²) >= 11 is 1.51. The lowest BCUT2D eigenvalue weighted by Crippen LogP contribution is -2.46. The van der Waals surface area contributed by atoms with Gasteiger partial charge < -0.3 is 9.64 Å². The Kier molecular flexibility index (Phi) is 3.57. The van der Waals surface area contributed by atoms with Gasteiger partial charge in [0.15, 0.2) is 0 Å². The van der Waals surface area contributed by atoms with Gasteiger partial charge in [-0.15, -0.1) is 11.8 Å². The van der Waals surface area contributed by atoms with Crippen molar-refractivity contribution in [3.8, 4) is 0 Å². The van der Waals surface area contributed by atoms with E-state index in [2.05, 4.69) is 0 Å². The molecule has 2 aliphatic heterocycles. The van der Waals surface area contributed by atoms with Crippen LogP contribution >= 0.6 is 11.8 Å². The topological polar surface area (TPSA) is 46.6 Å². The highest BCUT2D eigenvalue weighted by Gasteiger charge is 2.31. The number of carbonyl (C=O) groups is 2. The van der Waals surface area contributed by atoms with Crippen LogP contribution in [0.15, 0.2) is 23.1 Å². The van der Waals surface area contributed by atoms with Gasteiger partial charge in [0.2, 0.25) is 5.91 Å². The molecule has 0 aliphatic carbocycles. The number of hydrogen-bond acceptors (Lipinski definition) is 4. The molecule has 5 heteroatoms. The molecule has 0 bridgehead atoms. The van der Waals surface area contributed by atoms with Crippen LogP contribution in [0.5, 0.6) is 0 Å². The summed E-state index contributed by atoms with van der Waals surface area (Å²) in [5, 5.41) is 0. The van der Waals surface area contributed by atoms with Crippen molar-refractivity contribution in [1.82, 2.24) is 0 Å². The Balaban J connectivity index is 1.96. The highest BCUT2D eigenvalue weighted by molar-refractivity contribution is 8.00. The Morgan fingerprint density at radius 1 is 1.32 bits per heavy atom. The smallest absolute Gasteiger partial charge is 0.237 e. The zero-order valence-electron chi connectivity index (χ0n) is 10.5. The van der Waals surface area contributed by atoms with E-state index >= 15 is 0 Å². The number of ether oxygens (including phenoxy) is 1. The maximum absolute atomic E-state index is 12.2. The molecule has 0 spiro atoms. The summed E-state index contributed by atoms with van der Waals surface area (Å²) in [6.07, 6.45) is 2.60. The van der Waals surface area contributed by atoms with Gasteiger partial charge in [0.05, 0.1) is 11.4 Å². The molecule has 1 amide bonds. The second kappa shape index (κ2) is 5.35. The molecule has 19 heavy (non-hydrogen) atoms. The summed E-state index contributed by atoms with van der Waals surface area (Å²) in [5.41, 5.74) is 1.60. The number of anilines is 1. The van der Waals surface area contributed by atoms with Crippen molar-refractivity contribution in [3.05, 3.63) is 23.8 Å². The Hall–Kier alpha value is -1.33. The number of benzene rings is 1. The first kappa shape index (κ1) is 12.7. The largest absolute Gasteiger partial charge is 0.381 e.